The van der Waals surface area contributed by atoms with Gasteiger partial charge in [-0.3, -0.25) is 0 Å². The molecule has 2 aliphatic rings. The molecule has 1 fully saturated rings. The van der Waals surface area contributed by atoms with Gasteiger partial charge in [-0.2, -0.15) is 0 Å². The summed E-state index contributed by atoms with van der Waals surface area (Å²) in [4.78, 5) is 11.2. The third-order valence-corrected chi connectivity index (χ3v) is 9.00. The lowest BCUT2D eigenvalue weighted by molar-refractivity contribution is 0.207. The van der Waals surface area contributed by atoms with Crippen LogP contribution in [0.5, 0.6) is 0 Å². The van der Waals surface area contributed by atoms with E-state index in [1.165, 1.54) is 22.2 Å². The van der Waals surface area contributed by atoms with E-state index in [0.29, 0.717) is 5.92 Å². The number of thioether (sulfide) groups is 1. The zero-order valence-corrected chi connectivity index (χ0v) is 15.2. The summed E-state index contributed by atoms with van der Waals surface area (Å²) in [5.74, 6) is 0.577. The maximum atomic E-state index is 11.7. The minimum atomic E-state index is -3.14. The third kappa shape index (κ3) is 2.90. The van der Waals surface area contributed by atoms with Gasteiger partial charge in [0.15, 0.2) is 9.84 Å². The lowest BCUT2D eigenvalue weighted by atomic mass is 9.89. The molecule has 0 unspecified atom stereocenters. The number of rotatable bonds is 2. The van der Waals surface area contributed by atoms with Crippen molar-refractivity contribution >= 4 is 43.2 Å². The Labute approximate surface area is 143 Å². The van der Waals surface area contributed by atoms with Crippen molar-refractivity contribution in [3.63, 3.8) is 0 Å². The van der Waals surface area contributed by atoms with E-state index in [0.717, 1.165) is 34.5 Å². The highest BCUT2D eigenvalue weighted by Gasteiger charge is 2.38. The summed E-state index contributed by atoms with van der Waals surface area (Å²) >= 11 is 3.13. The van der Waals surface area contributed by atoms with Crippen LogP contribution in [0.3, 0.4) is 0 Å². The maximum Gasteiger partial charge on any atom is 0.154 e. The smallest absolute Gasteiger partial charge is 0.154 e. The Morgan fingerprint density at radius 3 is 2.91 bits per heavy atom. The first-order chi connectivity index (χ1) is 10.9. The first kappa shape index (κ1) is 15.8. The summed E-state index contributed by atoms with van der Waals surface area (Å²) in [6.45, 7) is 2.27. The summed E-state index contributed by atoms with van der Waals surface area (Å²) in [5, 5.41) is 11.6. The molecule has 0 radical (unpaired) electrons. The van der Waals surface area contributed by atoms with Crippen molar-refractivity contribution in [3.05, 3.63) is 16.8 Å². The van der Waals surface area contributed by atoms with Crippen LogP contribution in [0.1, 0.15) is 23.8 Å². The minimum Gasteiger partial charge on any atom is -0.391 e. The van der Waals surface area contributed by atoms with Crippen LogP contribution in [0, 0.1) is 5.92 Å². The molecule has 1 aliphatic heterocycles. The highest BCUT2D eigenvalue weighted by molar-refractivity contribution is 8.02. The number of fused-ring (bicyclic) bond motifs is 3. The van der Waals surface area contributed by atoms with Gasteiger partial charge in [-0.25, -0.2) is 18.4 Å². The molecule has 0 bridgehead atoms. The lowest BCUT2D eigenvalue weighted by Crippen LogP contribution is -2.20. The second-order valence-corrected chi connectivity index (χ2v) is 11.0. The van der Waals surface area contributed by atoms with Crippen LogP contribution >= 0.6 is 23.1 Å². The largest absolute Gasteiger partial charge is 0.391 e. The average Bonchev–Trinajstić information content (AvgIpc) is 2.95. The molecule has 4 rings (SSSR count). The number of aliphatic hydroxyl groups excluding tert-OH is 1. The van der Waals surface area contributed by atoms with E-state index in [9.17, 15) is 13.5 Å². The summed E-state index contributed by atoms with van der Waals surface area (Å²) in [7, 11) is -3.14. The van der Waals surface area contributed by atoms with E-state index in [1.54, 1.807) is 17.7 Å². The molecular weight excluding hydrogens is 352 g/mol. The molecule has 0 spiro atoms. The van der Waals surface area contributed by atoms with E-state index in [2.05, 4.69) is 16.9 Å². The summed E-state index contributed by atoms with van der Waals surface area (Å²) < 4.78 is 23.4. The quantitative estimate of drug-likeness (QED) is 0.815. The number of thiophene rings is 1. The monoisotopic (exact) mass is 370 g/mol. The second kappa shape index (κ2) is 5.68. The number of aryl methyl sites for hydroxylation is 1. The fourth-order valence-electron chi connectivity index (χ4n) is 3.39. The van der Waals surface area contributed by atoms with Crippen molar-refractivity contribution in [2.75, 3.05) is 11.5 Å². The molecule has 3 heterocycles. The van der Waals surface area contributed by atoms with E-state index in [4.69, 9.17) is 0 Å². The van der Waals surface area contributed by atoms with E-state index < -0.39 is 15.9 Å². The third-order valence-electron chi connectivity index (χ3n) is 4.59. The van der Waals surface area contributed by atoms with Crippen LogP contribution in [0.2, 0.25) is 0 Å². The molecule has 2 aromatic heterocycles. The zero-order valence-electron chi connectivity index (χ0n) is 12.7. The topological polar surface area (TPSA) is 80.2 Å². The van der Waals surface area contributed by atoms with Gasteiger partial charge in [0.05, 0.1) is 22.9 Å². The van der Waals surface area contributed by atoms with Gasteiger partial charge in [-0.05, 0) is 30.7 Å². The first-order valence-electron chi connectivity index (χ1n) is 7.73. The highest BCUT2D eigenvalue weighted by atomic mass is 32.2. The van der Waals surface area contributed by atoms with Crippen molar-refractivity contribution in [2.24, 2.45) is 5.92 Å². The predicted octanol–water partition coefficient (Wildman–Crippen LogP) is 2.07. The van der Waals surface area contributed by atoms with Gasteiger partial charge in [-0.1, -0.05) is 18.7 Å². The van der Waals surface area contributed by atoms with Crippen molar-refractivity contribution in [1.29, 1.82) is 0 Å². The number of aromatic nitrogens is 2. The van der Waals surface area contributed by atoms with Crippen molar-refractivity contribution in [2.45, 2.75) is 42.6 Å². The maximum absolute atomic E-state index is 11.7. The normalized spacial score (nSPS) is 29.7. The zero-order chi connectivity index (χ0) is 16.2. The molecular formula is C15H18N2O3S3. The van der Waals surface area contributed by atoms with Crippen LogP contribution < -0.4 is 0 Å². The fraction of sp³-hybridized carbons (Fsp3) is 0.600. The van der Waals surface area contributed by atoms with E-state index >= 15 is 0 Å². The molecule has 1 N–H and O–H groups in total. The molecule has 3 atom stereocenters. The molecule has 0 saturated carbocycles. The summed E-state index contributed by atoms with van der Waals surface area (Å²) in [6.07, 6.45) is 4.01. The fourth-order valence-corrected chi connectivity index (χ4v) is 8.42. The summed E-state index contributed by atoms with van der Waals surface area (Å²) in [6, 6.07) is 0. The molecule has 2 aromatic rings. The second-order valence-electron chi connectivity index (χ2n) is 6.51. The van der Waals surface area contributed by atoms with E-state index in [1.807, 2.05) is 0 Å². The Morgan fingerprint density at radius 1 is 1.35 bits per heavy atom. The SMILES string of the molecule is C[C@@H]1CCc2c(sc3ncnc(S[C@H]4CS(=O)(=O)C[C@@H]4O)c23)C1. The van der Waals surface area contributed by atoms with Crippen LogP contribution in [0.4, 0.5) is 0 Å². The van der Waals surface area contributed by atoms with Gasteiger partial charge in [0.2, 0.25) is 0 Å². The van der Waals surface area contributed by atoms with E-state index in [-0.39, 0.29) is 16.8 Å². The Kier molecular flexibility index (Phi) is 3.91. The Hall–Kier alpha value is -0.700. The van der Waals surface area contributed by atoms with Crippen molar-refractivity contribution in [3.8, 4) is 0 Å². The Bertz CT molecular complexity index is 862. The summed E-state index contributed by atoms with van der Waals surface area (Å²) in [5.41, 5.74) is 1.33. The van der Waals surface area contributed by atoms with Crippen molar-refractivity contribution in [1.82, 2.24) is 9.97 Å². The van der Waals surface area contributed by atoms with Crippen LogP contribution in [-0.2, 0) is 22.7 Å². The van der Waals surface area contributed by atoms with Gasteiger partial charge in [0.1, 0.15) is 16.2 Å². The Morgan fingerprint density at radius 2 is 2.17 bits per heavy atom. The lowest BCUT2D eigenvalue weighted by Gasteiger charge is -2.18. The van der Waals surface area contributed by atoms with Gasteiger partial charge in [-0.15, -0.1) is 11.3 Å². The first-order valence-corrected chi connectivity index (χ1v) is 11.2. The molecule has 8 heteroatoms. The molecule has 1 aliphatic carbocycles. The van der Waals surface area contributed by atoms with Gasteiger partial charge < -0.3 is 5.11 Å². The van der Waals surface area contributed by atoms with Crippen molar-refractivity contribution < 1.29 is 13.5 Å². The number of hydrogen-bond donors (Lipinski definition) is 1. The predicted molar refractivity (Wildman–Crippen MR) is 92.9 cm³/mol. The minimum absolute atomic E-state index is 0.0215. The number of aliphatic hydroxyl groups is 1. The number of nitrogens with zero attached hydrogens (tertiary/aromatic N) is 2. The number of hydrogen-bond acceptors (Lipinski definition) is 7. The molecule has 5 nitrogen and oxygen atoms in total. The molecule has 124 valence electrons. The number of sulfone groups is 1. The highest BCUT2D eigenvalue weighted by Crippen LogP contribution is 2.42. The van der Waals surface area contributed by atoms with Gasteiger partial charge in [0, 0.05) is 10.3 Å². The molecule has 0 aromatic carbocycles. The molecule has 23 heavy (non-hydrogen) atoms. The van der Waals surface area contributed by atoms with Gasteiger partial charge in [0.25, 0.3) is 0 Å². The Balaban J connectivity index is 1.73. The van der Waals surface area contributed by atoms with Gasteiger partial charge >= 0.3 is 0 Å². The van der Waals surface area contributed by atoms with Crippen LogP contribution in [0.15, 0.2) is 11.4 Å². The molecule has 1 saturated heterocycles. The van der Waals surface area contributed by atoms with Crippen LogP contribution in [0.25, 0.3) is 10.2 Å². The standard InChI is InChI=1S/C15H18N2O3S3/c1-8-2-3-9-11(4-8)21-14-13(9)15(17-7-16-14)22-12-6-23(19,20)5-10(12)18/h7-8,10,12,18H,2-6H2,1H3/t8-,10+,12+/m1/s1. The average molecular weight is 371 g/mol. The van der Waals surface area contributed by atoms with Crippen LogP contribution in [-0.4, -0.2) is 46.4 Å². The molecule has 0 amide bonds.